The van der Waals surface area contributed by atoms with E-state index >= 15 is 0 Å². The Morgan fingerprint density at radius 1 is 1.17 bits per heavy atom. The number of carboxylic acid groups (broad SMARTS) is 2. The van der Waals surface area contributed by atoms with Crippen LogP contribution >= 0.6 is 0 Å². The van der Waals surface area contributed by atoms with Gasteiger partial charge in [-0.25, -0.2) is 4.79 Å². The molecule has 10 heteroatoms. The van der Waals surface area contributed by atoms with Crippen molar-refractivity contribution in [1.82, 2.24) is 0 Å². The third-order valence-corrected chi connectivity index (χ3v) is 4.51. The summed E-state index contributed by atoms with van der Waals surface area (Å²) in [6.45, 7) is -0.0163. The minimum atomic E-state index is -1.44. The molecule has 3 rings (SSSR count). The minimum Gasteiger partial charge on any atom is -0.481 e. The van der Waals surface area contributed by atoms with Crippen molar-refractivity contribution in [2.45, 2.75) is 18.8 Å². The highest BCUT2D eigenvalue weighted by Gasteiger charge is 2.31. The predicted octanol–water partition coefficient (Wildman–Crippen LogP) is 2.84. The van der Waals surface area contributed by atoms with E-state index in [2.05, 4.69) is 0 Å². The van der Waals surface area contributed by atoms with Crippen LogP contribution in [0.25, 0.3) is 11.1 Å². The second kappa shape index (κ2) is 7.97. The number of aldehydes is 1. The molecule has 0 aliphatic carbocycles. The number of aromatic carboxylic acids is 1. The minimum absolute atomic E-state index is 0.0163. The fraction of sp³-hybridized carbons (Fsp3) is 0.211. The third-order valence-electron chi connectivity index (χ3n) is 4.51. The number of aliphatic carboxylic acids is 1. The molecule has 29 heavy (non-hydrogen) atoms. The first kappa shape index (κ1) is 19.8. The maximum atomic E-state index is 12.0. The van der Waals surface area contributed by atoms with E-state index in [0.29, 0.717) is 17.8 Å². The van der Waals surface area contributed by atoms with E-state index < -0.39 is 28.5 Å². The summed E-state index contributed by atoms with van der Waals surface area (Å²) in [5, 5.41) is 30.8. The first-order chi connectivity index (χ1) is 13.8. The van der Waals surface area contributed by atoms with Crippen LogP contribution in [0.3, 0.4) is 0 Å². The number of rotatable bonds is 8. The van der Waals surface area contributed by atoms with Crippen molar-refractivity contribution in [3.63, 3.8) is 0 Å². The number of benzene rings is 2. The lowest BCUT2D eigenvalue weighted by molar-refractivity contribution is -0.384. The van der Waals surface area contributed by atoms with E-state index in [1.54, 1.807) is 0 Å². The van der Waals surface area contributed by atoms with Crippen LogP contribution in [0.5, 0.6) is 11.5 Å². The van der Waals surface area contributed by atoms with Gasteiger partial charge in [-0.05, 0) is 29.7 Å². The number of non-ortho nitro benzene ring substituents is 1. The number of carbonyl (C=O) groups is 3. The van der Waals surface area contributed by atoms with Crippen LogP contribution < -0.4 is 9.47 Å². The molecule has 0 spiro atoms. The average Bonchev–Trinajstić information content (AvgIpc) is 3.14. The van der Waals surface area contributed by atoms with Gasteiger partial charge in [-0.2, -0.15) is 0 Å². The third kappa shape index (κ3) is 3.86. The molecule has 1 aliphatic rings. The summed E-state index contributed by atoms with van der Waals surface area (Å²) in [5.74, 6) is -3.46. The van der Waals surface area contributed by atoms with E-state index in [1.807, 2.05) is 0 Å². The Bertz CT molecular complexity index is 1010. The van der Waals surface area contributed by atoms with E-state index in [0.717, 1.165) is 12.1 Å². The van der Waals surface area contributed by atoms with E-state index in [4.69, 9.17) is 9.47 Å². The number of nitrogens with zero attached hydrogens (tertiary/aromatic N) is 1. The van der Waals surface area contributed by atoms with E-state index in [1.165, 1.54) is 18.2 Å². The molecule has 2 N–H and O–H groups in total. The summed E-state index contributed by atoms with van der Waals surface area (Å²) in [5.41, 5.74) is -0.829. The molecule has 0 saturated carbocycles. The van der Waals surface area contributed by atoms with Gasteiger partial charge in [0.25, 0.3) is 5.69 Å². The highest BCUT2D eigenvalue weighted by Crippen LogP contribution is 2.40. The standard InChI is InChI=1S/C19H15NO9/c21-5-1-2-12(18(22)23)14-8-11(20(26)27)7-13(17(14)19(24)25)10-3-4-15-16(6-10)29-9-28-15/h3-8,12H,1-2,9H2,(H,22,23)(H,24,25). The van der Waals surface area contributed by atoms with Gasteiger partial charge in [0.15, 0.2) is 11.5 Å². The molecule has 0 saturated heterocycles. The molecule has 2 aromatic rings. The monoisotopic (exact) mass is 401 g/mol. The molecule has 150 valence electrons. The van der Waals surface area contributed by atoms with Crippen LogP contribution in [0, 0.1) is 10.1 Å². The predicted molar refractivity (Wildman–Crippen MR) is 97.3 cm³/mol. The van der Waals surface area contributed by atoms with Gasteiger partial charge in [0, 0.05) is 24.1 Å². The fourth-order valence-electron chi connectivity index (χ4n) is 3.21. The molecule has 1 unspecified atom stereocenters. The van der Waals surface area contributed by atoms with E-state index in [-0.39, 0.29) is 41.9 Å². The van der Waals surface area contributed by atoms with Gasteiger partial charge < -0.3 is 24.5 Å². The van der Waals surface area contributed by atoms with Crippen molar-refractivity contribution in [3.05, 3.63) is 51.6 Å². The van der Waals surface area contributed by atoms with Crippen molar-refractivity contribution in [1.29, 1.82) is 0 Å². The smallest absolute Gasteiger partial charge is 0.336 e. The maximum Gasteiger partial charge on any atom is 0.336 e. The number of carboxylic acids is 2. The lowest BCUT2D eigenvalue weighted by atomic mass is 9.85. The molecule has 0 radical (unpaired) electrons. The van der Waals surface area contributed by atoms with Gasteiger partial charge in [0.1, 0.15) is 6.29 Å². The molecule has 0 aromatic heterocycles. The number of carbonyl (C=O) groups excluding carboxylic acids is 1. The highest BCUT2D eigenvalue weighted by molar-refractivity contribution is 6.00. The zero-order valence-corrected chi connectivity index (χ0v) is 14.9. The van der Waals surface area contributed by atoms with Gasteiger partial charge in [-0.3, -0.25) is 14.9 Å². The number of fused-ring (bicyclic) bond motifs is 1. The van der Waals surface area contributed by atoms with Crippen molar-refractivity contribution in [2.24, 2.45) is 0 Å². The molecule has 2 aromatic carbocycles. The lowest BCUT2D eigenvalue weighted by Gasteiger charge is -2.17. The molecule has 1 atom stereocenters. The van der Waals surface area contributed by atoms with Crippen molar-refractivity contribution >= 4 is 23.9 Å². The average molecular weight is 401 g/mol. The van der Waals surface area contributed by atoms with Gasteiger partial charge in [-0.1, -0.05) is 6.07 Å². The number of hydrogen-bond acceptors (Lipinski definition) is 7. The van der Waals surface area contributed by atoms with Crippen LogP contribution in [-0.4, -0.2) is 40.2 Å². The zero-order chi connectivity index (χ0) is 21.1. The largest absolute Gasteiger partial charge is 0.481 e. The summed E-state index contributed by atoms with van der Waals surface area (Å²) in [7, 11) is 0. The summed E-state index contributed by atoms with van der Waals surface area (Å²) >= 11 is 0. The topological polar surface area (TPSA) is 153 Å². The summed E-state index contributed by atoms with van der Waals surface area (Å²) in [4.78, 5) is 45.2. The highest BCUT2D eigenvalue weighted by atomic mass is 16.7. The second-order valence-electron chi connectivity index (χ2n) is 6.22. The quantitative estimate of drug-likeness (QED) is 0.386. The Hall–Kier alpha value is -3.95. The Kier molecular flexibility index (Phi) is 5.44. The Morgan fingerprint density at radius 3 is 2.52 bits per heavy atom. The molecule has 0 amide bonds. The number of ether oxygens (including phenoxy) is 2. The van der Waals surface area contributed by atoms with Crippen LogP contribution in [-0.2, 0) is 9.59 Å². The van der Waals surface area contributed by atoms with E-state index in [9.17, 15) is 34.7 Å². The fourth-order valence-corrected chi connectivity index (χ4v) is 3.21. The molecule has 0 fully saturated rings. The molecular formula is C19H15NO9. The first-order valence-electron chi connectivity index (χ1n) is 8.45. The van der Waals surface area contributed by atoms with Crippen LogP contribution in [0.15, 0.2) is 30.3 Å². The number of nitro benzene ring substituents is 1. The van der Waals surface area contributed by atoms with Crippen molar-refractivity contribution in [3.8, 4) is 22.6 Å². The summed E-state index contributed by atoms with van der Waals surface area (Å²) < 4.78 is 10.5. The van der Waals surface area contributed by atoms with Gasteiger partial charge >= 0.3 is 11.9 Å². The Balaban J connectivity index is 2.28. The lowest BCUT2D eigenvalue weighted by Crippen LogP contribution is -2.17. The SMILES string of the molecule is O=CCCC(C(=O)O)c1cc([N+](=O)[O-])cc(-c2ccc3c(c2)OCO3)c1C(=O)O. The Labute approximate surface area is 163 Å². The van der Waals surface area contributed by atoms with Crippen LogP contribution in [0.4, 0.5) is 5.69 Å². The summed E-state index contributed by atoms with van der Waals surface area (Å²) in [6, 6.07) is 6.51. The normalized spacial score (nSPS) is 13.0. The number of hydrogen-bond donors (Lipinski definition) is 2. The molecule has 1 aliphatic heterocycles. The maximum absolute atomic E-state index is 12.0. The molecular weight excluding hydrogens is 386 g/mol. The van der Waals surface area contributed by atoms with Crippen molar-refractivity contribution < 1.29 is 39.0 Å². The molecule has 0 bridgehead atoms. The van der Waals surface area contributed by atoms with Crippen LogP contribution in [0.2, 0.25) is 0 Å². The number of nitro groups is 1. The van der Waals surface area contributed by atoms with Gasteiger partial charge in [0.2, 0.25) is 6.79 Å². The summed E-state index contributed by atoms with van der Waals surface area (Å²) in [6.07, 6.45) is 0.172. The van der Waals surface area contributed by atoms with Crippen molar-refractivity contribution in [2.75, 3.05) is 6.79 Å². The molecule has 1 heterocycles. The van der Waals surface area contributed by atoms with Crippen LogP contribution in [0.1, 0.15) is 34.7 Å². The second-order valence-corrected chi connectivity index (χ2v) is 6.22. The molecule has 10 nitrogen and oxygen atoms in total. The Morgan fingerprint density at radius 2 is 1.90 bits per heavy atom. The van der Waals surface area contributed by atoms with Gasteiger partial charge in [0.05, 0.1) is 16.4 Å². The first-order valence-corrected chi connectivity index (χ1v) is 8.45. The van der Waals surface area contributed by atoms with Gasteiger partial charge in [-0.15, -0.1) is 0 Å². The zero-order valence-electron chi connectivity index (χ0n) is 14.9.